The molecule has 7 heteroatoms. The van der Waals surface area contributed by atoms with Crippen LogP contribution in [0.2, 0.25) is 0 Å². The van der Waals surface area contributed by atoms with Crippen LogP contribution < -0.4 is 15.4 Å². The summed E-state index contributed by atoms with van der Waals surface area (Å²) in [5.74, 6) is -0.314. The molecule has 0 unspecified atom stereocenters. The highest BCUT2D eigenvalue weighted by Crippen LogP contribution is 2.27. The third-order valence-electron chi connectivity index (χ3n) is 2.27. The lowest BCUT2D eigenvalue weighted by Gasteiger charge is -2.12. The first kappa shape index (κ1) is 15.5. The number of rotatable bonds is 6. The quantitative estimate of drug-likeness (QED) is 0.811. The number of nitrogens with one attached hydrogen (secondary N) is 2. The summed E-state index contributed by atoms with van der Waals surface area (Å²) in [4.78, 5) is 22.8. The van der Waals surface area contributed by atoms with Crippen LogP contribution >= 0.6 is 0 Å². The summed E-state index contributed by atoms with van der Waals surface area (Å²) in [5.41, 5.74) is 0.864. The van der Waals surface area contributed by atoms with E-state index in [1.165, 1.54) is 14.2 Å². The van der Waals surface area contributed by atoms with Gasteiger partial charge in [-0.3, -0.25) is 9.59 Å². The first-order chi connectivity index (χ1) is 9.60. The maximum absolute atomic E-state index is 11.5. The predicted octanol–water partition coefficient (Wildman–Crippen LogP) is 1.13. The monoisotopic (exact) mass is 277 g/mol. The van der Waals surface area contributed by atoms with Crippen LogP contribution in [-0.4, -0.2) is 32.6 Å². The van der Waals surface area contributed by atoms with Crippen LogP contribution in [0.25, 0.3) is 0 Å². The zero-order valence-corrected chi connectivity index (χ0v) is 11.2. The molecule has 0 heterocycles. The zero-order chi connectivity index (χ0) is 15.0. The second kappa shape index (κ2) is 7.76. The van der Waals surface area contributed by atoms with Gasteiger partial charge in [-0.05, 0) is 18.2 Å². The minimum absolute atomic E-state index is 0.0891. The van der Waals surface area contributed by atoms with Crippen molar-refractivity contribution in [3.05, 3.63) is 18.2 Å². The first-order valence-corrected chi connectivity index (χ1v) is 5.74. The fourth-order valence-electron chi connectivity index (χ4n) is 1.48. The summed E-state index contributed by atoms with van der Waals surface area (Å²) in [6.45, 7) is -0.0891. The molecule has 0 aliphatic heterocycles. The molecule has 1 aromatic rings. The van der Waals surface area contributed by atoms with Crippen LogP contribution in [0, 0.1) is 11.3 Å². The van der Waals surface area contributed by atoms with Crippen LogP contribution in [0.3, 0.4) is 0 Å². The van der Waals surface area contributed by atoms with Gasteiger partial charge in [0.2, 0.25) is 11.8 Å². The number of amides is 2. The highest BCUT2D eigenvalue weighted by atomic mass is 16.5. The molecule has 7 nitrogen and oxygen atoms in total. The van der Waals surface area contributed by atoms with E-state index in [1.54, 1.807) is 24.3 Å². The Kier molecular flexibility index (Phi) is 6.00. The molecule has 106 valence electrons. The highest BCUT2D eigenvalue weighted by molar-refractivity contribution is 5.96. The van der Waals surface area contributed by atoms with E-state index in [1.807, 2.05) is 0 Å². The van der Waals surface area contributed by atoms with Crippen molar-refractivity contribution in [1.82, 2.24) is 0 Å². The van der Waals surface area contributed by atoms with Crippen molar-refractivity contribution in [2.24, 2.45) is 0 Å². The molecule has 0 radical (unpaired) electrons. The molecule has 0 saturated heterocycles. The van der Waals surface area contributed by atoms with Gasteiger partial charge in [-0.15, -0.1) is 0 Å². The second-order valence-corrected chi connectivity index (χ2v) is 3.78. The van der Waals surface area contributed by atoms with Crippen molar-refractivity contribution >= 4 is 23.2 Å². The van der Waals surface area contributed by atoms with E-state index in [-0.39, 0.29) is 18.9 Å². The van der Waals surface area contributed by atoms with Crippen molar-refractivity contribution < 1.29 is 19.1 Å². The minimum Gasteiger partial charge on any atom is -0.495 e. The van der Waals surface area contributed by atoms with E-state index in [0.29, 0.717) is 17.1 Å². The topological polar surface area (TPSA) is 100 Å². The molecule has 0 aliphatic carbocycles. The summed E-state index contributed by atoms with van der Waals surface area (Å²) in [6.07, 6.45) is -0.239. The third kappa shape index (κ3) is 4.59. The van der Waals surface area contributed by atoms with Gasteiger partial charge in [0.05, 0.1) is 18.9 Å². The number of methoxy groups -OCH3 is 2. The lowest BCUT2D eigenvalue weighted by Crippen LogP contribution is -2.18. The molecule has 20 heavy (non-hydrogen) atoms. The number of anilines is 2. The molecule has 0 aliphatic rings. The van der Waals surface area contributed by atoms with Gasteiger partial charge >= 0.3 is 0 Å². The van der Waals surface area contributed by atoms with E-state index in [0.717, 1.165) is 0 Å². The van der Waals surface area contributed by atoms with Crippen molar-refractivity contribution in [1.29, 1.82) is 5.26 Å². The molecule has 0 atom stereocenters. The van der Waals surface area contributed by atoms with Crippen molar-refractivity contribution in [2.75, 3.05) is 31.5 Å². The lowest BCUT2D eigenvalue weighted by atomic mass is 10.2. The van der Waals surface area contributed by atoms with E-state index in [9.17, 15) is 9.59 Å². The second-order valence-electron chi connectivity index (χ2n) is 3.78. The molecule has 1 aromatic carbocycles. The molecule has 0 aromatic heterocycles. The smallest absolute Gasteiger partial charge is 0.250 e. The molecule has 0 bridgehead atoms. The maximum atomic E-state index is 11.5. The number of benzene rings is 1. The summed E-state index contributed by atoms with van der Waals surface area (Å²) in [7, 11) is 2.88. The summed E-state index contributed by atoms with van der Waals surface area (Å²) < 4.78 is 9.83. The molecule has 0 saturated carbocycles. The SMILES string of the molecule is COCC(=O)Nc1cc(NC(=O)CC#N)ccc1OC. The molecular weight excluding hydrogens is 262 g/mol. The molecular formula is C13H15N3O4. The minimum atomic E-state index is -0.424. The normalized spacial score (nSPS) is 9.45. The Hall–Kier alpha value is -2.59. The van der Waals surface area contributed by atoms with Gasteiger partial charge < -0.3 is 20.1 Å². The molecule has 1 rings (SSSR count). The fourth-order valence-corrected chi connectivity index (χ4v) is 1.48. The summed E-state index contributed by atoms with van der Waals surface area (Å²) >= 11 is 0. The van der Waals surface area contributed by atoms with Gasteiger partial charge in [0.15, 0.2) is 0 Å². The molecule has 0 fully saturated rings. The average Bonchev–Trinajstić information content (AvgIpc) is 2.39. The van der Waals surface area contributed by atoms with Gasteiger partial charge in [0, 0.05) is 12.8 Å². The van der Waals surface area contributed by atoms with Crippen LogP contribution in [0.4, 0.5) is 11.4 Å². The number of nitrogens with zero attached hydrogens (tertiary/aromatic N) is 1. The summed E-state index contributed by atoms with van der Waals surface area (Å²) in [6, 6.07) is 6.51. The Labute approximate surface area is 116 Å². The lowest BCUT2D eigenvalue weighted by molar-refractivity contribution is -0.119. The predicted molar refractivity (Wildman–Crippen MR) is 72.4 cm³/mol. The van der Waals surface area contributed by atoms with Gasteiger partial charge in [0.25, 0.3) is 0 Å². The average molecular weight is 277 g/mol. The summed E-state index contributed by atoms with van der Waals surface area (Å²) in [5, 5.41) is 13.6. The van der Waals surface area contributed by atoms with Gasteiger partial charge in [-0.25, -0.2) is 0 Å². The third-order valence-corrected chi connectivity index (χ3v) is 2.27. The van der Waals surface area contributed by atoms with Crippen LogP contribution in [0.1, 0.15) is 6.42 Å². The van der Waals surface area contributed by atoms with Crippen molar-refractivity contribution in [3.8, 4) is 11.8 Å². The number of hydrogen-bond acceptors (Lipinski definition) is 5. The van der Waals surface area contributed by atoms with Crippen molar-refractivity contribution in [2.45, 2.75) is 6.42 Å². The Morgan fingerprint density at radius 1 is 1.25 bits per heavy atom. The van der Waals surface area contributed by atoms with Gasteiger partial charge in [-0.1, -0.05) is 0 Å². The van der Waals surface area contributed by atoms with Crippen LogP contribution in [-0.2, 0) is 14.3 Å². The Morgan fingerprint density at radius 3 is 2.60 bits per heavy atom. The van der Waals surface area contributed by atoms with Gasteiger partial charge in [0.1, 0.15) is 18.8 Å². The standard InChI is InChI=1S/C13H15N3O4/c1-19-8-13(18)16-10-7-9(3-4-11(10)20-2)15-12(17)5-6-14/h3-4,7H,5,8H2,1-2H3,(H,15,17)(H,16,18). The Balaban J connectivity index is 2.88. The zero-order valence-electron chi connectivity index (χ0n) is 11.2. The molecule has 0 spiro atoms. The van der Waals surface area contributed by atoms with Crippen LogP contribution in [0.5, 0.6) is 5.75 Å². The number of nitriles is 1. The van der Waals surface area contributed by atoms with Crippen LogP contribution in [0.15, 0.2) is 18.2 Å². The molecule has 2 N–H and O–H groups in total. The first-order valence-electron chi connectivity index (χ1n) is 5.74. The fraction of sp³-hybridized carbons (Fsp3) is 0.308. The van der Waals surface area contributed by atoms with E-state index in [2.05, 4.69) is 10.6 Å². The maximum Gasteiger partial charge on any atom is 0.250 e. The van der Waals surface area contributed by atoms with E-state index < -0.39 is 5.91 Å². The van der Waals surface area contributed by atoms with Gasteiger partial charge in [-0.2, -0.15) is 5.26 Å². The molecule has 2 amide bonds. The number of carbonyl (C=O) groups excluding carboxylic acids is 2. The number of carbonyl (C=O) groups is 2. The number of hydrogen-bond donors (Lipinski definition) is 2. The highest BCUT2D eigenvalue weighted by Gasteiger charge is 2.09. The van der Waals surface area contributed by atoms with Crippen molar-refractivity contribution in [3.63, 3.8) is 0 Å². The van der Waals surface area contributed by atoms with E-state index >= 15 is 0 Å². The Bertz CT molecular complexity index is 537. The largest absolute Gasteiger partial charge is 0.495 e. The number of ether oxygens (including phenoxy) is 2. The Morgan fingerprint density at radius 2 is 2.00 bits per heavy atom. The van der Waals surface area contributed by atoms with E-state index in [4.69, 9.17) is 14.7 Å².